The van der Waals surface area contributed by atoms with Gasteiger partial charge in [-0.1, -0.05) is 33.7 Å². The van der Waals surface area contributed by atoms with Crippen molar-refractivity contribution in [2.75, 3.05) is 0 Å². The van der Waals surface area contributed by atoms with E-state index in [4.69, 9.17) is 9.40 Å². The zero-order valence-electron chi connectivity index (χ0n) is 15.6. The summed E-state index contributed by atoms with van der Waals surface area (Å²) in [6, 6.07) is 6.74. The van der Waals surface area contributed by atoms with Crippen molar-refractivity contribution in [3.63, 3.8) is 0 Å². The summed E-state index contributed by atoms with van der Waals surface area (Å²) < 4.78 is 5.68. The van der Waals surface area contributed by atoms with Crippen molar-refractivity contribution in [3.05, 3.63) is 34.9 Å². The first-order chi connectivity index (χ1) is 11.9. The van der Waals surface area contributed by atoms with E-state index in [-0.39, 0.29) is 5.41 Å². The molecule has 0 N–H and O–H groups in total. The third kappa shape index (κ3) is 2.96. The molecule has 3 aromatic rings. The van der Waals surface area contributed by atoms with Gasteiger partial charge in [-0.3, -0.25) is 0 Å². The smallest absolute Gasteiger partial charge is 0.265 e. The zero-order valence-corrected chi connectivity index (χ0v) is 15.6. The average molecular weight is 332 g/mol. The highest BCUT2D eigenvalue weighted by Crippen LogP contribution is 2.43. The number of hydrogen-bond donors (Lipinski definition) is 0. The molecule has 4 rings (SSSR count). The standard InChI is InChI=1S/C20H23BN3O/c1-11-8-16(18-23-24-19(21-5)25-18)22-17-14(11)9-13(12-6-7-12)10-15(17)20(2,3)4/h8-10,12H,6-7H2,1-5H3. The monoisotopic (exact) mass is 332 g/mol. The average Bonchev–Trinajstić information content (AvgIpc) is 3.30. The van der Waals surface area contributed by atoms with Gasteiger partial charge >= 0.3 is 0 Å². The second kappa shape index (κ2) is 5.68. The number of rotatable bonds is 3. The summed E-state index contributed by atoms with van der Waals surface area (Å²) in [5.41, 5.74) is 5.77. The van der Waals surface area contributed by atoms with Crippen molar-refractivity contribution in [1.82, 2.24) is 15.2 Å². The predicted octanol–water partition coefficient (Wildman–Crippen LogP) is 4.15. The van der Waals surface area contributed by atoms with Crippen LogP contribution >= 0.6 is 0 Å². The molecule has 0 unspecified atom stereocenters. The van der Waals surface area contributed by atoms with Crippen LogP contribution < -0.4 is 5.79 Å². The lowest BCUT2D eigenvalue weighted by molar-refractivity contribution is 0.592. The minimum Gasteiger partial charge on any atom is -0.431 e. The molecule has 1 fully saturated rings. The number of fused-ring (bicyclic) bond motifs is 1. The molecule has 1 saturated carbocycles. The van der Waals surface area contributed by atoms with Gasteiger partial charge in [0.15, 0.2) is 5.79 Å². The van der Waals surface area contributed by atoms with Crippen LogP contribution in [-0.4, -0.2) is 22.5 Å². The minimum atomic E-state index is 0.0262. The summed E-state index contributed by atoms with van der Waals surface area (Å²) in [6.45, 7) is 10.8. The quantitative estimate of drug-likeness (QED) is 0.676. The van der Waals surface area contributed by atoms with Gasteiger partial charge in [0, 0.05) is 5.39 Å². The van der Waals surface area contributed by atoms with Crippen molar-refractivity contribution in [3.8, 4) is 11.6 Å². The van der Waals surface area contributed by atoms with Crippen LogP contribution in [0.2, 0.25) is 6.82 Å². The highest BCUT2D eigenvalue weighted by molar-refractivity contribution is 6.48. The van der Waals surface area contributed by atoms with Crippen LogP contribution in [-0.2, 0) is 5.41 Å². The van der Waals surface area contributed by atoms with Crippen molar-refractivity contribution in [2.24, 2.45) is 0 Å². The van der Waals surface area contributed by atoms with Crippen molar-refractivity contribution in [2.45, 2.75) is 58.7 Å². The Kier molecular flexibility index (Phi) is 3.71. The Morgan fingerprint density at radius 2 is 1.88 bits per heavy atom. The second-order valence-electron chi connectivity index (χ2n) is 8.05. The molecule has 2 heterocycles. The topological polar surface area (TPSA) is 51.8 Å². The lowest BCUT2D eigenvalue weighted by atomic mass is 9.83. The van der Waals surface area contributed by atoms with Gasteiger partial charge in [0.05, 0.1) is 5.52 Å². The van der Waals surface area contributed by atoms with E-state index < -0.39 is 0 Å². The lowest BCUT2D eigenvalue weighted by Gasteiger charge is -2.23. The van der Waals surface area contributed by atoms with Gasteiger partial charge in [-0.15, -0.1) is 10.2 Å². The molecule has 2 aromatic heterocycles. The van der Waals surface area contributed by atoms with Crippen LogP contribution in [0.25, 0.3) is 22.5 Å². The Hall–Kier alpha value is -2.17. The van der Waals surface area contributed by atoms with Crippen molar-refractivity contribution in [1.29, 1.82) is 0 Å². The molecule has 1 aromatic carbocycles. The van der Waals surface area contributed by atoms with Gasteiger partial charge < -0.3 is 4.42 Å². The fourth-order valence-corrected chi connectivity index (χ4v) is 3.30. The van der Waals surface area contributed by atoms with E-state index in [1.165, 1.54) is 34.9 Å². The maximum atomic E-state index is 5.68. The number of aromatic nitrogens is 3. The minimum absolute atomic E-state index is 0.0262. The van der Waals surface area contributed by atoms with E-state index in [2.05, 4.69) is 56.1 Å². The van der Waals surface area contributed by atoms with Crippen molar-refractivity contribution < 1.29 is 4.42 Å². The predicted molar refractivity (Wildman–Crippen MR) is 102 cm³/mol. The number of benzene rings is 1. The Balaban J connectivity index is 1.96. The van der Waals surface area contributed by atoms with Crippen LogP contribution in [0, 0.1) is 6.92 Å². The molecule has 0 atom stereocenters. The first-order valence-electron chi connectivity index (χ1n) is 8.96. The van der Waals surface area contributed by atoms with Gasteiger partial charge in [0.1, 0.15) is 5.69 Å². The van der Waals surface area contributed by atoms with Gasteiger partial charge in [-0.2, -0.15) is 0 Å². The molecule has 0 aliphatic heterocycles. The molecule has 4 nitrogen and oxygen atoms in total. The van der Waals surface area contributed by atoms with Crippen LogP contribution in [0.5, 0.6) is 0 Å². The van der Waals surface area contributed by atoms with Crippen LogP contribution in [0.15, 0.2) is 22.6 Å². The Labute approximate surface area is 149 Å². The summed E-state index contributed by atoms with van der Waals surface area (Å²) in [5.74, 6) is 1.72. The molecule has 0 spiro atoms. The molecule has 5 heteroatoms. The van der Waals surface area contributed by atoms with E-state index >= 15 is 0 Å². The summed E-state index contributed by atoms with van der Waals surface area (Å²) >= 11 is 0. The third-order valence-electron chi connectivity index (χ3n) is 4.91. The number of hydrogen-bond acceptors (Lipinski definition) is 4. The number of pyridine rings is 1. The van der Waals surface area contributed by atoms with Gasteiger partial charge in [0.25, 0.3) is 5.89 Å². The lowest BCUT2D eigenvalue weighted by Crippen LogP contribution is -2.13. The van der Waals surface area contributed by atoms with E-state index in [0.29, 0.717) is 11.7 Å². The van der Waals surface area contributed by atoms with Crippen LogP contribution in [0.1, 0.15) is 56.2 Å². The molecule has 0 saturated heterocycles. The van der Waals surface area contributed by atoms with E-state index in [1.54, 1.807) is 7.28 Å². The first-order valence-corrected chi connectivity index (χ1v) is 8.96. The van der Waals surface area contributed by atoms with Gasteiger partial charge in [-0.25, -0.2) is 4.98 Å². The Morgan fingerprint density at radius 3 is 2.48 bits per heavy atom. The summed E-state index contributed by atoms with van der Waals surface area (Å²) in [4.78, 5) is 4.93. The molecule has 25 heavy (non-hydrogen) atoms. The largest absolute Gasteiger partial charge is 0.431 e. The normalized spacial score (nSPS) is 14.9. The summed E-state index contributed by atoms with van der Waals surface area (Å²) in [7, 11) is 1.80. The molecule has 1 radical (unpaired) electrons. The summed E-state index contributed by atoms with van der Waals surface area (Å²) in [6.07, 6.45) is 2.61. The van der Waals surface area contributed by atoms with Gasteiger partial charge in [-0.05, 0) is 59.9 Å². The van der Waals surface area contributed by atoms with Crippen molar-refractivity contribution >= 4 is 24.0 Å². The zero-order chi connectivity index (χ0) is 17.8. The van der Waals surface area contributed by atoms with E-state index in [1.807, 2.05) is 6.82 Å². The molecule has 0 bridgehead atoms. The fraction of sp³-hybridized carbons (Fsp3) is 0.450. The van der Waals surface area contributed by atoms with Gasteiger partial charge in [0.2, 0.25) is 7.28 Å². The van der Waals surface area contributed by atoms with Crippen LogP contribution in [0.4, 0.5) is 0 Å². The van der Waals surface area contributed by atoms with Crippen LogP contribution in [0.3, 0.4) is 0 Å². The highest BCUT2D eigenvalue weighted by Gasteiger charge is 2.28. The molecule has 1 aliphatic carbocycles. The maximum absolute atomic E-state index is 5.68. The van der Waals surface area contributed by atoms with E-state index in [9.17, 15) is 0 Å². The maximum Gasteiger partial charge on any atom is 0.265 e. The van der Waals surface area contributed by atoms with E-state index in [0.717, 1.165) is 17.1 Å². The molecule has 0 amide bonds. The summed E-state index contributed by atoms with van der Waals surface area (Å²) in [5, 5.41) is 9.40. The first kappa shape index (κ1) is 16.3. The molecular weight excluding hydrogens is 309 g/mol. The molecular formula is C20H23BN3O. The fourth-order valence-electron chi connectivity index (χ4n) is 3.30. The SMILES string of the molecule is C[B]c1nnc(-c2cc(C)c3cc(C4CC4)cc(C(C)(C)C)c3n2)o1. The second-order valence-corrected chi connectivity index (χ2v) is 8.05. The number of nitrogens with zero attached hydrogens (tertiary/aromatic N) is 3. The Morgan fingerprint density at radius 1 is 1.12 bits per heavy atom. The highest BCUT2D eigenvalue weighted by atomic mass is 16.4. The Bertz CT molecular complexity index is 951. The molecule has 127 valence electrons. The number of aryl methyl sites for hydroxylation is 1. The third-order valence-corrected chi connectivity index (χ3v) is 4.91. The molecule has 1 aliphatic rings.